The van der Waals surface area contributed by atoms with E-state index in [2.05, 4.69) is 10.2 Å². The van der Waals surface area contributed by atoms with E-state index in [0.29, 0.717) is 24.8 Å². The summed E-state index contributed by atoms with van der Waals surface area (Å²) in [4.78, 5) is 16.0. The Bertz CT molecular complexity index is 696. The summed E-state index contributed by atoms with van der Waals surface area (Å²) < 4.78 is 0. The zero-order valence-corrected chi connectivity index (χ0v) is 18.8. The van der Waals surface area contributed by atoms with E-state index in [1.54, 1.807) is 0 Å². The van der Waals surface area contributed by atoms with Crippen LogP contribution in [0.5, 0.6) is 0 Å². The van der Waals surface area contributed by atoms with E-state index in [-0.39, 0.29) is 17.9 Å². The predicted molar refractivity (Wildman–Crippen MR) is 122 cm³/mol. The average molecular weight is 429 g/mol. The molecule has 0 bridgehead atoms. The number of benzene rings is 1. The fourth-order valence-corrected chi connectivity index (χ4v) is 6.05. The van der Waals surface area contributed by atoms with E-state index in [4.69, 9.17) is 0 Å². The van der Waals surface area contributed by atoms with Gasteiger partial charge in [-0.2, -0.15) is 0 Å². The minimum Gasteiger partial charge on any atom is -0.393 e. The average Bonchev–Trinajstić information content (AvgIpc) is 3.07. The number of hydrogen-bond acceptors (Lipinski definition) is 4. The van der Waals surface area contributed by atoms with Gasteiger partial charge in [0.2, 0.25) is 0 Å². The van der Waals surface area contributed by atoms with Gasteiger partial charge in [0, 0.05) is 31.6 Å². The van der Waals surface area contributed by atoms with Crippen molar-refractivity contribution in [1.29, 1.82) is 0 Å². The quantitative estimate of drug-likeness (QED) is 0.606. The highest BCUT2D eigenvalue weighted by atomic mass is 16.3. The molecule has 172 valence electrons. The van der Waals surface area contributed by atoms with Crippen LogP contribution < -0.4 is 5.32 Å². The molecule has 3 atom stereocenters. The first kappa shape index (κ1) is 22.8. The van der Waals surface area contributed by atoms with Crippen molar-refractivity contribution >= 4 is 5.91 Å². The topological polar surface area (TPSA) is 72.8 Å². The van der Waals surface area contributed by atoms with Crippen molar-refractivity contribution in [3.63, 3.8) is 0 Å². The molecule has 1 aromatic rings. The third kappa shape index (κ3) is 5.50. The second-order valence-corrected chi connectivity index (χ2v) is 10.2. The maximum atomic E-state index is 13.4. The highest BCUT2D eigenvalue weighted by molar-refractivity contribution is 5.87. The van der Waals surface area contributed by atoms with Crippen molar-refractivity contribution in [2.75, 3.05) is 19.6 Å². The Hall–Kier alpha value is -1.43. The number of hydrogen-bond donors (Lipinski definition) is 3. The van der Waals surface area contributed by atoms with Crippen molar-refractivity contribution in [3.8, 4) is 0 Å². The van der Waals surface area contributed by atoms with Crippen LogP contribution >= 0.6 is 0 Å². The molecule has 1 aromatic carbocycles. The van der Waals surface area contributed by atoms with E-state index >= 15 is 0 Å². The third-order valence-electron chi connectivity index (χ3n) is 7.97. The summed E-state index contributed by atoms with van der Waals surface area (Å²) in [5, 5.41) is 24.9. The molecular weight excluding hydrogens is 388 g/mol. The Morgan fingerprint density at radius 3 is 2.26 bits per heavy atom. The van der Waals surface area contributed by atoms with E-state index in [1.807, 2.05) is 30.3 Å². The van der Waals surface area contributed by atoms with Crippen molar-refractivity contribution in [3.05, 3.63) is 35.9 Å². The molecule has 1 aliphatic heterocycles. The largest absolute Gasteiger partial charge is 0.393 e. The molecule has 3 aliphatic rings. The summed E-state index contributed by atoms with van der Waals surface area (Å²) in [7, 11) is 0. The lowest BCUT2D eigenvalue weighted by molar-refractivity contribution is -0.149. The van der Waals surface area contributed by atoms with Gasteiger partial charge in [-0.05, 0) is 56.4 Å². The molecular formula is C26H40N2O3. The molecule has 0 spiro atoms. The SMILES string of the molecule is O=C(NC1CCN(CC2CCCCCC2)CC1)[C@](O)(c1ccccc1)[C@H]1CC[C@H](O)C1. The first-order valence-corrected chi connectivity index (χ1v) is 12.5. The zero-order chi connectivity index (χ0) is 21.7. The molecule has 3 N–H and O–H groups in total. The van der Waals surface area contributed by atoms with Gasteiger partial charge in [0.25, 0.3) is 5.91 Å². The number of nitrogens with one attached hydrogen (secondary N) is 1. The van der Waals surface area contributed by atoms with Crippen LogP contribution in [0.25, 0.3) is 0 Å². The summed E-state index contributed by atoms with van der Waals surface area (Å²) in [6, 6.07) is 9.41. The fourth-order valence-electron chi connectivity index (χ4n) is 6.05. The van der Waals surface area contributed by atoms with Gasteiger partial charge in [-0.3, -0.25) is 4.79 Å². The minimum absolute atomic E-state index is 0.111. The molecule has 0 aromatic heterocycles. The Labute approximate surface area is 187 Å². The molecule has 3 fully saturated rings. The van der Waals surface area contributed by atoms with Gasteiger partial charge in [0.1, 0.15) is 0 Å². The van der Waals surface area contributed by atoms with Crippen molar-refractivity contribution in [1.82, 2.24) is 10.2 Å². The second kappa shape index (κ2) is 10.5. The van der Waals surface area contributed by atoms with Crippen molar-refractivity contribution in [2.24, 2.45) is 11.8 Å². The number of piperidine rings is 1. The minimum atomic E-state index is -1.57. The molecule has 5 nitrogen and oxygen atoms in total. The Morgan fingerprint density at radius 1 is 0.968 bits per heavy atom. The van der Waals surface area contributed by atoms with Gasteiger partial charge in [0.15, 0.2) is 5.60 Å². The number of aliphatic hydroxyl groups excluding tert-OH is 1. The number of nitrogens with zero attached hydrogens (tertiary/aromatic N) is 1. The molecule has 1 amide bonds. The number of carbonyl (C=O) groups is 1. The molecule has 1 heterocycles. The van der Waals surface area contributed by atoms with Crippen LogP contribution in [0.4, 0.5) is 0 Å². The van der Waals surface area contributed by atoms with E-state index in [0.717, 1.165) is 31.8 Å². The Morgan fingerprint density at radius 2 is 1.65 bits per heavy atom. The number of rotatable bonds is 6. The first-order valence-electron chi connectivity index (χ1n) is 12.5. The van der Waals surface area contributed by atoms with Crippen LogP contribution in [0.3, 0.4) is 0 Å². The molecule has 5 heteroatoms. The summed E-state index contributed by atoms with van der Waals surface area (Å²) in [5.74, 6) is 0.297. The van der Waals surface area contributed by atoms with Crippen LogP contribution in [0.1, 0.15) is 76.2 Å². The highest BCUT2D eigenvalue weighted by Gasteiger charge is 2.48. The molecule has 4 rings (SSSR count). The zero-order valence-electron chi connectivity index (χ0n) is 18.8. The first-order chi connectivity index (χ1) is 15.1. The molecule has 0 radical (unpaired) electrons. The molecule has 0 unspecified atom stereocenters. The molecule has 2 saturated carbocycles. The normalized spacial score (nSPS) is 28.7. The molecule has 2 aliphatic carbocycles. The number of aliphatic hydroxyl groups is 2. The number of carbonyl (C=O) groups excluding carboxylic acids is 1. The third-order valence-corrected chi connectivity index (χ3v) is 7.97. The van der Waals surface area contributed by atoms with Crippen LogP contribution in [0.2, 0.25) is 0 Å². The van der Waals surface area contributed by atoms with E-state index < -0.39 is 11.7 Å². The standard InChI is InChI=1S/C26H40N2O3/c29-24-13-12-22(18-24)26(31,21-10-6-3-7-11-21)25(30)27-23-14-16-28(17-15-23)19-20-8-4-1-2-5-9-20/h3,6-7,10-11,20,22-24,29,31H,1-2,4-5,8-9,12-19H2,(H,27,30)/t22-,24-,26-/m0/s1. The summed E-state index contributed by atoms with van der Waals surface area (Å²) in [5.41, 5.74) is -0.937. The van der Waals surface area contributed by atoms with Crippen molar-refractivity contribution < 1.29 is 15.0 Å². The lowest BCUT2D eigenvalue weighted by atomic mass is 9.79. The summed E-state index contributed by atoms with van der Waals surface area (Å²) in [6.45, 7) is 3.25. The van der Waals surface area contributed by atoms with Crippen LogP contribution in [0, 0.1) is 11.8 Å². The lowest BCUT2D eigenvalue weighted by Gasteiger charge is -2.38. The van der Waals surface area contributed by atoms with Gasteiger partial charge in [-0.15, -0.1) is 0 Å². The number of amides is 1. The van der Waals surface area contributed by atoms with Crippen molar-refractivity contribution in [2.45, 2.75) is 88.4 Å². The lowest BCUT2D eigenvalue weighted by Crippen LogP contribution is -2.54. The van der Waals surface area contributed by atoms with E-state index in [1.165, 1.54) is 45.1 Å². The number of likely N-dealkylation sites (tertiary alicyclic amines) is 1. The van der Waals surface area contributed by atoms with Gasteiger partial charge in [-0.1, -0.05) is 56.0 Å². The Kier molecular flexibility index (Phi) is 7.68. The summed E-state index contributed by atoms with van der Waals surface area (Å²) >= 11 is 0. The highest BCUT2D eigenvalue weighted by Crippen LogP contribution is 2.41. The van der Waals surface area contributed by atoms with Gasteiger partial charge in [-0.25, -0.2) is 0 Å². The smallest absolute Gasteiger partial charge is 0.257 e. The summed E-state index contributed by atoms with van der Waals surface area (Å²) in [6.07, 6.45) is 11.5. The monoisotopic (exact) mass is 428 g/mol. The maximum absolute atomic E-state index is 13.4. The van der Waals surface area contributed by atoms with Crippen LogP contribution in [0.15, 0.2) is 30.3 Å². The Balaban J connectivity index is 1.35. The fraction of sp³-hybridized carbons (Fsp3) is 0.731. The van der Waals surface area contributed by atoms with Gasteiger partial charge in [0.05, 0.1) is 6.10 Å². The van der Waals surface area contributed by atoms with Gasteiger partial charge >= 0.3 is 0 Å². The molecule has 1 saturated heterocycles. The second-order valence-electron chi connectivity index (χ2n) is 10.2. The van der Waals surface area contributed by atoms with Crippen LogP contribution in [-0.4, -0.2) is 52.8 Å². The van der Waals surface area contributed by atoms with Gasteiger partial charge < -0.3 is 20.4 Å². The van der Waals surface area contributed by atoms with E-state index in [9.17, 15) is 15.0 Å². The molecule has 31 heavy (non-hydrogen) atoms. The van der Waals surface area contributed by atoms with Crippen LogP contribution in [-0.2, 0) is 10.4 Å². The predicted octanol–water partition coefficient (Wildman–Crippen LogP) is 3.59. The maximum Gasteiger partial charge on any atom is 0.257 e.